The molecule has 0 radical (unpaired) electrons. The van der Waals surface area contributed by atoms with Gasteiger partial charge in [0.25, 0.3) is 0 Å². The molecule has 0 saturated carbocycles. The van der Waals surface area contributed by atoms with Gasteiger partial charge in [0.1, 0.15) is 5.75 Å². The molecule has 1 aromatic carbocycles. The molecule has 3 rings (SSSR count). The van der Waals surface area contributed by atoms with E-state index in [9.17, 15) is 0 Å². The van der Waals surface area contributed by atoms with E-state index in [0.717, 1.165) is 22.7 Å². The SMILES string of the molecule is COc1cccc(-c2ccnc(Nc3ccc(OC)nc3)n2)c1. The summed E-state index contributed by atoms with van der Waals surface area (Å²) in [6.07, 6.45) is 3.38. The quantitative estimate of drug-likeness (QED) is 0.780. The van der Waals surface area contributed by atoms with Crippen LogP contribution in [0.2, 0.25) is 0 Å². The zero-order valence-corrected chi connectivity index (χ0v) is 12.9. The molecule has 2 aromatic heterocycles. The summed E-state index contributed by atoms with van der Waals surface area (Å²) in [7, 11) is 3.22. The zero-order valence-electron chi connectivity index (χ0n) is 12.9. The molecule has 0 amide bonds. The van der Waals surface area contributed by atoms with Crippen LogP contribution in [0.4, 0.5) is 11.6 Å². The molecule has 0 aliphatic rings. The van der Waals surface area contributed by atoms with Crippen LogP contribution in [-0.2, 0) is 0 Å². The topological polar surface area (TPSA) is 69.2 Å². The number of pyridine rings is 1. The van der Waals surface area contributed by atoms with Crippen LogP contribution in [0.25, 0.3) is 11.3 Å². The maximum absolute atomic E-state index is 5.24. The largest absolute Gasteiger partial charge is 0.497 e. The molecule has 0 aliphatic heterocycles. The molecule has 0 saturated heterocycles. The normalized spacial score (nSPS) is 10.2. The first-order chi connectivity index (χ1) is 11.3. The number of ether oxygens (including phenoxy) is 2. The molecule has 0 atom stereocenters. The van der Waals surface area contributed by atoms with Crippen molar-refractivity contribution in [2.24, 2.45) is 0 Å². The second-order valence-electron chi connectivity index (χ2n) is 4.71. The molecule has 0 fully saturated rings. The lowest BCUT2D eigenvalue weighted by Gasteiger charge is -2.08. The van der Waals surface area contributed by atoms with E-state index in [1.54, 1.807) is 32.7 Å². The van der Waals surface area contributed by atoms with E-state index in [1.165, 1.54) is 0 Å². The smallest absolute Gasteiger partial charge is 0.227 e. The first-order valence-corrected chi connectivity index (χ1v) is 7.03. The third-order valence-electron chi connectivity index (χ3n) is 3.22. The lowest BCUT2D eigenvalue weighted by Crippen LogP contribution is -1.98. The van der Waals surface area contributed by atoms with Crippen molar-refractivity contribution in [1.29, 1.82) is 0 Å². The molecule has 0 bridgehead atoms. The average Bonchev–Trinajstić information content (AvgIpc) is 2.63. The fraction of sp³-hybridized carbons (Fsp3) is 0.118. The highest BCUT2D eigenvalue weighted by molar-refractivity contribution is 5.63. The van der Waals surface area contributed by atoms with Gasteiger partial charge in [-0.05, 0) is 24.3 Å². The summed E-state index contributed by atoms with van der Waals surface area (Å²) in [6.45, 7) is 0. The summed E-state index contributed by atoms with van der Waals surface area (Å²) < 4.78 is 10.3. The minimum absolute atomic E-state index is 0.497. The van der Waals surface area contributed by atoms with E-state index < -0.39 is 0 Å². The highest BCUT2D eigenvalue weighted by atomic mass is 16.5. The minimum atomic E-state index is 0.497. The Kier molecular flexibility index (Phi) is 4.33. The summed E-state index contributed by atoms with van der Waals surface area (Å²) in [5.74, 6) is 1.84. The number of anilines is 2. The van der Waals surface area contributed by atoms with Gasteiger partial charge in [-0.3, -0.25) is 0 Å². The monoisotopic (exact) mass is 308 g/mol. The molecule has 6 heteroatoms. The number of nitrogens with zero attached hydrogens (tertiary/aromatic N) is 3. The van der Waals surface area contributed by atoms with Crippen molar-refractivity contribution >= 4 is 11.6 Å². The van der Waals surface area contributed by atoms with Gasteiger partial charge >= 0.3 is 0 Å². The molecular formula is C17H16N4O2. The molecule has 2 heterocycles. The summed E-state index contributed by atoms with van der Waals surface area (Å²) in [5, 5.41) is 3.12. The lowest BCUT2D eigenvalue weighted by atomic mass is 10.1. The van der Waals surface area contributed by atoms with Gasteiger partial charge in [-0.1, -0.05) is 12.1 Å². The van der Waals surface area contributed by atoms with Gasteiger partial charge in [0.05, 0.1) is 31.8 Å². The fourth-order valence-corrected chi connectivity index (χ4v) is 2.07. The predicted octanol–water partition coefficient (Wildman–Crippen LogP) is 3.30. The Hall–Kier alpha value is -3.15. The van der Waals surface area contributed by atoms with E-state index in [0.29, 0.717) is 11.8 Å². The highest BCUT2D eigenvalue weighted by Crippen LogP contribution is 2.23. The second kappa shape index (κ2) is 6.74. The van der Waals surface area contributed by atoms with E-state index in [1.807, 2.05) is 36.4 Å². The van der Waals surface area contributed by atoms with E-state index >= 15 is 0 Å². The number of hydrogen-bond donors (Lipinski definition) is 1. The molecule has 0 aliphatic carbocycles. The second-order valence-corrected chi connectivity index (χ2v) is 4.71. The van der Waals surface area contributed by atoms with Crippen LogP contribution < -0.4 is 14.8 Å². The van der Waals surface area contributed by atoms with Crippen molar-refractivity contribution < 1.29 is 9.47 Å². The molecule has 0 spiro atoms. The third kappa shape index (κ3) is 3.55. The van der Waals surface area contributed by atoms with Gasteiger partial charge < -0.3 is 14.8 Å². The van der Waals surface area contributed by atoms with Crippen LogP contribution in [0.3, 0.4) is 0 Å². The van der Waals surface area contributed by atoms with E-state index in [4.69, 9.17) is 9.47 Å². The Morgan fingerprint density at radius 1 is 0.957 bits per heavy atom. The van der Waals surface area contributed by atoms with Crippen molar-refractivity contribution in [3.8, 4) is 22.9 Å². The van der Waals surface area contributed by atoms with Crippen molar-refractivity contribution in [3.63, 3.8) is 0 Å². The number of hydrogen-bond acceptors (Lipinski definition) is 6. The maximum atomic E-state index is 5.24. The van der Waals surface area contributed by atoms with Gasteiger partial charge in [-0.2, -0.15) is 0 Å². The molecule has 23 heavy (non-hydrogen) atoms. The van der Waals surface area contributed by atoms with Crippen molar-refractivity contribution in [2.75, 3.05) is 19.5 Å². The molecule has 6 nitrogen and oxygen atoms in total. The van der Waals surface area contributed by atoms with Crippen LogP contribution in [0.5, 0.6) is 11.6 Å². The molecule has 0 unspecified atom stereocenters. The number of methoxy groups -OCH3 is 2. The van der Waals surface area contributed by atoms with Crippen molar-refractivity contribution in [1.82, 2.24) is 15.0 Å². The zero-order chi connectivity index (χ0) is 16.1. The summed E-state index contributed by atoms with van der Waals surface area (Å²) in [5.41, 5.74) is 2.55. The Morgan fingerprint density at radius 2 is 1.87 bits per heavy atom. The first-order valence-electron chi connectivity index (χ1n) is 7.03. The van der Waals surface area contributed by atoms with Gasteiger partial charge in [0, 0.05) is 17.8 Å². The Morgan fingerprint density at radius 3 is 2.61 bits per heavy atom. The highest BCUT2D eigenvalue weighted by Gasteiger charge is 2.04. The summed E-state index contributed by atoms with van der Waals surface area (Å²) >= 11 is 0. The number of nitrogens with one attached hydrogen (secondary N) is 1. The minimum Gasteiger partial charge on any atom is -0.497 e. The Bertz CT molecular complexity index is 791. The van der Waals surface area contributed by atoms with Gasteiger partial charge in [0.15, 0.2) is 0 Å². The van der Waals surface area contributed by atoms with E-state index in [2.05, 4.69) is 20.3 Å². The third-order valence-corrected chi connectivity index (χ3v) is 3.22. The number of aromatic nitrogens is 3. The van der Waals surface area contributed by atoms with Gasteiger partial charge in [-0.15, -0.1) is 0 Å². The van der Waals surface area contributed by atoms with E-state index in [-0.39, 0.29) is 0 Å². The first kappa shape index (κ1) is 14.8. The lowest BCUT2D eigenvalue weighted by molar-refractivity contribution is 0.398. The summed E-state index contributed by atoms with van der Waals surface area (Å²) in [6, 6.07) is 13.2. The molecule has 3 aromatic rings. The van der Waals surface area contributed by atoms with Gasteiger partial charge in [-0.25, -0.2) is 15.0 Å². The Balaban J connectivity index is 1.84. The predicted molar refractivity (Wildman–Crippen MR) is 88.1 cm³/mol. The number of benzene rings is 1. The summed E-state index contributed by atoms with van der Waals surface area (Å²) in [4.78, 5) is 12.9. The molecule has 1 N–H and O–H groups in total. The standard InChI is InChI=1S/C17H16N4O2/c1-22-14-5-3-4-12(10-14)15-8-9-18-17(21-15)20-13-6-7-16(23-2)19-11-13/h3-11H,1-2H3,(H,18,20,21). The van der Waals surface area contributed by atoms with Crippen LogP contribution in [0, 0.1) is 0 Å². The van der Waals surface area contributed by atoms with Gasteiger partial charge in [0.2, 0.25) is 11.8 Å². The average molecular weight is 308 g/mol. The van der Waals surface area contributed by atoms with Crippen molar-refractivity contribution in [2.45, 2.75) is 0 Å². The Labute approximate surface area is 134 Å². The van der Waals surface area contributed by atoms with Crippen LogP contribution >= 0.6 is 0 Å². The van der Waals surface area contributed by atoms with Crippen molar-refractivity contribution in [3.05, 3.63) is 54.9 Å². The van der Waals surface area contributed by atoms with Crippen LogP contribution in [0.1, 0.15) is 0 Å². The fourth-order valence-electron chi connectivity index (χ4n) is 2.07. The number of rotatable bonds is 5. The maximum Gasteiger partial charge on any atom is 0.227 e. The molecular weight excluding hydrogens is 292 g/mol. The van der Waals surface area contributed by atoms with Crippen LogP contribution in [-0.4, -0.2) is 29.2 Å². The van der Waals surface area contributed by atoms with Crippen LogP contribution in [0.15, 0.2) is 54.9 Å². The molecule has 116 valence electrons.